The maximum absolute atomic E-state index is 11.6. The molecule has 2 aliphatic rings. The van der Waals surface area contributed by atoms with Crippen LogP contribution in [0.4, 0.5) is 0 Å². The lowest BCUT2D eigenvalue weighted by Crippen LogP contribution is -2.48. The Bertz CT molecular complexity index is 308. The van der Waals surface area contributed by atoms with Crippen molar-refractivity contribution in [3.8, 4) is 0 Å². The summed E-state index contributed by atoms with van der Waals surface area (Å²) in [6.45, 7) is 2.23. The Labute approximate surface area is 102 Å². The van der Waals surface area contributed by atoms with Gasteiger partial charge in [-0.2, -0.15) is 0 Å². The summed E-state index contributed by atoms with van der Waals surface area (Å²) in [5.41, 5.74) is -0.109. The number of hydrogen-bond acceptors (Lipinski definition) is 3. The van der Waals surface area contributed by atoms with E-state index in [-0.39, 0.29) is 23.3 Å². The SMILES string of the molecule is CCOC(=O)CC1CC(=O)NC12CCCCC2. The Balaban J connectivity index is 2.03. The van der Waals surface area contributed by atoms with Crippen LogP contribution in [0, 0.1) is 5.92 Å². The van der Waals surface area contributed by atoms with Gasteiger partial charge < -0.3 is 10.1 Å². The van der Waals surface area contributed by atoms with E-state index in [2.05, 4.69) is 5.32 Å². The smallest absolute Gasteiger partial charge is 0.306 e. The van der Waals surface area contributed by atoms with Gasteiger partial charge in [-0.25, -0.2) is 0 Å². The summed E-state index contributed by atoms with van der Waals surface area (Å²) in [5, 5.41) is 3.12. The molecule has 1 heterocycles. The fraction of sp³-hybridized carbons (Fsp3) is 0.846. The van der Waals surface area contributed by atoms with Crippen molar-refractivity contribution >= 4 is 11.9 Å². The number of ether oxygens (including phenoxy) is 1. The molecule has 0 aromatic carbocycles. The summed E-state index contributed by atoms with van der Waals surface area (Å²) in [7, 11) is 0. The Kier molecular flexibility index (Phi) is 3.69. The molecule has 0 aromatic heterocycles. The maximum atomic E-state index is 11.6. The van der Waals surface area contributed by atoms with Gasteiger partial charge in [-0.15, -0.1) is 0 Å². The molecule has 1 saturated carbocycles. The van der Waals surface area contributed by atoms with E-state index in [1.165, 1.54) is 6.42 Å². The largest absolute Gasteiger partial charge is 0.466 e. The lowest BCUT2D eigenvalue weighted by Gasteiger charge is -2.38. The summed E-state index contributed by atoms with van der Waals surface area (Å²) in [6.07, 6.45) is 6.44. The highest BCUT2D eigenvalue weighted by Crippen LogP contribution is 2.41. The van der Waals surface area contributed by atoms with Crippen molar-refractivity contribution in [3.05, 3.63) is 0 Å². The van der Waals surface area contributed by atoms with Gasteiger partial charge >= 0.3 is 5.97 Å². The molecule has 17 heavy (non-hydrogen) atoms. The Morgan fingerprint density at radius 2 is 2.12 bits per heavy atom. The number of carbonyl (C=O) groups excluding carboxylic acids is 2. The van der Waals surface area contributed by atoms with Crippen LogP contribution in [0.3, 0.4) is 0 Å². The minimum Gasteiger partial charge on any atom is -0.466 e. The maximum Gasteiger partial charge on any atom is 0.306 e. The van der Waals surface area contributed by atoms with Gasteiger partial charge in [0.05, 0.1) is 13.0 Å². The first-order chi connectivity index (χ1) is 8.16. The van der Waals surface area contributed by atoms with Crippen LogP contribution in [0.1, 0.15) is 51.9 Å². The fourth-order valence-electron chi connectivity index (χ4n) is 3.25. The number of nitrogens with one attached hydrogen (secondary N) is 1. The highest BCUT2D eigenvalue weighted by Gasteiger charge is 2.47. The van der Waals surface area contributed by atoms with Crippen LogP contribution in [-0.2, 0) is 14.3 Å². The average Bonchev–Trinajstić information content (AvgIpc) is 2.56. The van der Waals surface area contributed by atoms with Gasteiger partial charge in [0.15, 0.2) is 0 Å². The van der Waals surface area contributed by atoms with Crippen molar-refractivity contribution in [1.82, 2.24) is 5.32 Å². The van der Waals surface area contributed by atoms with Gasteiger partial charge in [0.2, 0.25) is 5.91 Å². The standard InChI is InChI=1S/C13H21NO3/c1-2-17-12(16)9-10-8-11(15)14-13(10)6-4-3-5-7-13/h10H,2-9H2,1H3,(H,14,15). The summed E-state index contributed by atoms with van der Waals surface area (Å²) in [5.74, 6) is 0.0643. The van der Waals surface area contributed by atoms with Crippen LogP contribution in [0.15, 0.2) is 0 Å². The molecule has 2 rings (SSSR count). The van der Waals surface area contributed by atoms with E-state index in [0.717, 1.165) is 25.7 Å². The van der Waals surface area contributed by atoms with Gasteiger partial charge in [-0.3, -0.25) is 9.59 Å². The second-order valence-corrected chi connectivity index (χ2v) is 5.18. The monoisotopic (exact) mass is 239 g/mol. The molecule has 4 nitrogen and oxygen atoms in total. The van der Waals surface area contributed by atoms with Crippen molar-refractivity contribution in [2.24, 2.45) is 5.92 Å². The van der Waals surface area contributed by atoms with Gasteiger partial charge in [-0.1, -0.05) is 19.3 Å². The van der Waals surface area contributed by atoms with Gasteiger partial charge in [0.1, 0.15) is 0 Å². The average molecular weight is 239 g/mol. The van der Waals surface area contributed by atoms with Crippen LogP contribution >= 0.6 is 0 Å². The minimum absolute atomic E-state index is 0.0983. The van der Waals surface area contributed by atoms with Crippen molar-refractivity contribution in [3.63, 3.8) is 0 Å². The molecule has 1 unspecified atom stereocenters. The molecule has 0 radical (unpaired) electrons. The second kappa shape index (κ2) is 5.07. The van der Waals surface area contributed by atoms with E-state index in [9.17, 15) is 9.59 Å². The van der Waals surface area contributed by atoms with E-state index in [1.54, 1.807) is 0 Å². The fourth-order valence-corrected chi connectivity index (χ4v) is 3.25. The zero-order valence-electron chi connectivity index (χ0n) is 10.5. The van der Waals surface area contributed by atoms with Gasteiger partial charge in [-0.05, 0) is 19.8 Å². The number of esters is 1. The number of amides is 1. The number of rotatable bonds is 3. The first kappa shape index (κ1) is 12.4. The third-order valence-corrected chi connectivity index (χ3v) is 4.07. The Hall–Kier alpha value is -1.06. The molecule has 2 fully saturated rings. The zero-order chi connectivity index (χ0) is 12.3. The third-order valence-electron chi connectivity index (χ3n) is 4.07. The topological polar surface area (TPSA) is 55.4 Å². The van der Waals surface area contributed by atoms with Crippen LogP contribution in [0.2, 0.25) is 0 Å². The molecular weight excluding hydrogens is 218 g/mol. The van der Waals surface area contributed by atoms with Crippen molar-refractivity contribution < 1.29 is 14.3 Å². The van der Waals surface area contributed by atoms with Crippen LogP contribution in [0.25, 0.3) is 0 Å². The summed E-state index contributed by atoms with van der Waals surface area (Å²) in [4.78, 5) is 23.2. The Morgan fingerprint density at radius 1 is 1.41 bits per heavy atom. The van der Waals surface area contributed by atoms with Crippen LogP contribution < -0.4 is 5.32 Å². The minimum atomic E-state index is -0.168. The van der Waals surface area contributed by atoms with E-state index in [1.807, 2.05) is 6.92 Å². The molecule has 1 saturated heterocycles. The molecule has 0 aromatic rings. The van der Waals surface area contributed by atoms with E-state index >= 15 is 0 Å². The summed E-state index contributed by atoms with van der Waals surface area (Å²) >= 11 is 0. The first-order valence-corrected chi connectivity index (χ1v) is 6.63. The summed E-state index contributed by atoms with van der Waals surface area (Å²) < 4.78 is 5.00. The van der Waals surface area contributed by atoms with Crippen molar-refractivity contribution in [1.29, 1.82) is 0 Å². The van der Waals surface area contributed by atoms with Gasteiger partial charge in [0.25, 0.3) is 0 Å². The van der Waals surface area contributed by atoms with Crippen LogP contribution in [-0.4, -0.2) is 24.0 Å². The number of carbonyl (C=O) groups is 2. The second-order valence-electron chi connectivity index (χ2n) is 5.18. The van der Waals surface area contributed by atoms with Crippen LogP contribution in [0.5, 0.6) is 0 Å². The summed E-state index contributed by atoms with van der Waals surface area (Å²) in [6, 6.07) is 0. The lowest BCUT2D eigenvalue weighted by atomic mass is 9.73. The van der Waals surface area contributed by atoms with Crippen molar-refractivity contribution in [2.45, 2.75) is 57.4 Å². The predicted octanol–water partition coefficient (Wildman–Crippen LogP) is 1.78. The highest BCUT2D eigenvalue weighted by atomic mass is 16.5. The molecule has 1 amide bonds. The Morgan fingerprint density at radius 3 is 2.76 bits per heavy atom. The van der Waals surface area contributed by atoms with E-state index in [4.69, 9.17) is 4.74 Å². The lowest BCUT2D eigenvalue weighted by molar-refractivity contribution is -0.144. The molecule has 1 N–H and O–H groups in total. The van der Waals surface area contributed by atoms with Gasteiger partial charge in [0, 0.05) is 17.9 Å². The molecule has 1 aliphatic carbocycles. The molecule has 0 bridgehead atoms. The third kappa shape index (κ3) is 2.61. The molecule has 4 heteroatoms. The quantitative estimate of drug-likeness (QED) is 0.764. The molecule has 96 valence electrons. The zero-order valence-corrected chi connectivity index (χ0v) is 10.5. The first-order valence-electron chi connectivity index (χ1n) is 6.63. The van der Waals surface area contributed by atoms with Crippen molar-refractivity contribution in [2.75, 3.05) is 6.61 Å². The van der Waals surface area contributed by atoms with E-state index in [0.29, 0.717) is 19.4 Å². The van der Waals surface area contributed by atoms with E-state index < -0.39 is 0 Å². The normalized spacial score (nSPS) is 26.9. The number of hydrogen-bond donors (Lipinski definition) is 1. The molecular formula is C13H21NO3. The molecule has 1 aliphatic heterocycles. The molecule has 1 spiro atoms. The molecule has 1 atom stereocenters. The predicted molar refractivity (Wildman–Crippen MR) is 63.3 cm³/mol. The highest BCUT2D eigenvalue weighted by molar-refractivity contribution is 5.81.